The highest BCUT2D eigenvalue weighted by atomic mass is 16.5. The topological polar surface area (TPSA) is 61.9 Å². The van der Waals surface area contributed by atoms with E-state index in [-0.39, 0.29) is 29.8 Å². The summed E-state index contributed by atoms with van der Waals surface area (Å²) < 4.78 is 5.22. The van der Waals surface area contributed by atoms with Crippen molar-refractivity contribution >= 4 is 11.8 Å². The van der Waals surface area contributed by atoms with Gasteiger partial charge in [-0.25, -0.2) is 0 Å². The van der Waals surface area contributed by atoms with Gasteiger partial charge in [-0.1, -0.05) is 12.1 Å². The molecular weight excluding hydrogens is 318 g/mol. The van der Waals surface area contributed by atoms with Crippen LogP contribution in [0.25, 0.3) is 0 Å². The van der Waals surface area contributed by atoms with Crippen molar-refractivity contribution in [2.75, 3.05) is 34.3 Å². The first kappa shape index (κ1) is 17.7. The van der Waals surface area contributed by atoms with Crippen LogP contribution < -0.4 is 10.1 Å². The second-order valence-corrected chi connectivity index (χ2v) is 6.96. The molecule has 3 unspecified atom stereocenters. The molecule has 1 aromatic carbocycles. The summed E-state index contributed by atoms with van der Waals surface area (Å²) in [5, 5.41) is 3.31. The van der Waals surface area contributed by atoms with Gasteiger partial charge in [-0.3, -0.25) is 9.59 Å². The Morgan fingerprint density at radius 3 is 2.60 bits per heavy atom. The lowest BCUT2D eigenvalue weighted by Gasteiger charge is -2.41. The summed E-state index contributed by atoms with van der Waals surface area (Å²) in [5.74, 6) is 0.788. The van der Waals surface area contributed by atoms with Crippen molar-refractivity contribution in [3.63, 3.8) is 0 Å². The van der Waals surface area contributed by atoms with Crippen LogP contribution in [0, 0.1) is 5.92 Å². The summed E-state index contributed by atoms with van der Waals surface area (Å²) in [6.45, 7) is 1.80. The minimum absolute atomic E-state index is 0.0926. The number of nitrogens with zero attached hydrogens (tertiary/aromatic N) is 2. The molecule has 6 nitrogen and oxygen atoms in total. The van der Waals surface area contributed by atoms with Gasteiger partial charge >= 0.3 is 0 Å². The number of piperidine rings is 1. The van der Waals surface area contributed by atoms with Gasteiger partial charge in [-0.05, 0) is 37.1 Å². The average Bonchev–Trinajstić information content (AvgIpc) is 3.17. The first-order valence-electron chi connectivity index (χ1n) is 8.90. The van der Waals surface area contributed by atoms with Crippen LogP contribution in [-0.2, 0) is 9.59 Å². The molecule has 0 bridgehead atoms. The van der Waals surface area contributed by atoms with Crippen LogP contribution in [-0.4, -0.2) is 62.0 Å². The Morgan fingerprint density at radius 2 is 2.00 bits per heavy atom. The molecule has 2 fully saturated rings. The van der Waals surface area contributed by atoms with E-state index < -0.39 is 0 Å². The molecule has 0 aliphatic carbocycles. The van der Waals surface area contributed by atoms with E-state index in [1.54, 1.807) is 19.1 Å². The van der Waals surface area contributed by atoms with Crippen molar-refractivity contribution < 1.29 is 14.3 Å². The summed E-state index contributed by atoms with van der Waals surface area (Å²) in [7, 11) is 5.32. The number of amides is 2. The van der Waals surface area contributed by atoms with E-state index in [0.717, 1.165) is 30.8 Å². The molecule has 136 valence electrons. The number of hydrogen-bond donors (Lipinski definition) is 1. The van der Waals surface area contributed by atoms with Crippen LogP contribution in [0.15, 0.2) is 24.3 Å². The van der Waals surface area contributed by atoms with Gasteiger partial charge in [0.25, 0.3) is 0 Å². The SMILES string of the molecule is COc1ccc(C2C(C(=O)N(C)C3CCNC3)CCC(=O)N2C)cc1. The van der Waals surface area contributed by atoms with E-state index in [2.05, 4.69) is 5.32 Å². The number of likely N-dealkylation sites (tertiary alicyclic amines) is 1. The normalized spacial score (nSPS) is 26.6. The molecule has 0 aromatic heterocycles. The largest absolute Gasteiger partial charge is 0.497 e. The lowest BCUT2D eigenvalue weighted by molar-refractivity contribution is -0.147. The molecular formula is C19H27N3O3. The molecule has 2 aliphatic heterocycles. The van der Waals surface area contributed by atoms with Crippen LogP contribution in [0.3, 0.4) is 0 Å². The zero-order valence-corrected chi connectivity index (χ0v) is 15.2. The van der Waals surface area contributed by atoms with Crippen LogP contribution in [0.4, 0.5) is 0 Å². The maximum Gasteiger partial charge on any atom is 0.228 e. The molecule has 2 aliphatic rings. The monoisotopic (exact) mass is 345 g/mol. The number of benzene rings is 1. The first-order chi connectivity index (χ1) is 12.0. The fourth-order valence-electron chi connectivity index (χ4n) is 3.97. The summed E-state index contributed by atoms with van der Waals surface area (Å²) >= 11 is 0. The molecule has 2 amide bonds. The lowest BCUT2D eigenvalue weighted by Crippen LogP contribution is -2.49. The summed E-state index contributed by atoms with van der Waals surface area (Å²) in [6.07, 6.45) is 2.01. The Kier molecular flexibility index (Phi) is 5.27. The maximum absolute atomic E-state index is 13.2. The summed E-state index contributed by atoms with van der Waals surface area (Å²) in [5.41, 5.74) is 0.979. The molecule has 6 heteroatoms. The van der Waals surface area contributed by atoms with Crippen molar-refractivity contribution in [3.8, 4) is 5.75 Å². The quantitative estimate of drug-likeness (QED) is 0.897. The third-order valence-electron chi connectivity index (χ3n) is 5.57. The number of likely N-dealkylation sites (N-methyl/N-ethyl adjacent to an activating group) is 1. The van der Waals surface area contributed by atoms with Gasteiger partial charge in [-0.2, -0.15) is 0 Å². The van der Waals surface area contributed by atoms with E-state index in [0.29, 0.717) is 12.8 Å². The molecule has 2 saturated heterocycles. The van der Waals surface area contributed by atoms with Gasteiger partial charge in [-0.15, -0.1) is 0 Å². The molecule has 2 heterocycles. The smallest absolute Gasteiger partial charge is 0.228 e. The van der Waals surface area contributed by atoms with Crippen LogP contribution in [0.1, 0.15) is 30.9 Å². The molecule has 25 heavy (non-hydrogen) atoms. The fourth-order valence-corrected chi connectivity index (χ4v) is 3.97. The van der Waals surface area contributed by atoms with Crippen molar-refractivity contribution in [2.45, 2.75) is 31.3 Å². The minimum atomic E-state index is -0.225. The standard InChI is InChI=1S/C19H27N3O3/c1-21(14-10-11-20-12-14)19(24)16-8-9-17(23)22(2)18(16)13-4-6-15(25-3)7-5-13/h4-7,14,16,18,20H,8-12H2,1-3H3. The molecule has 1 N–H and O–H groups in total. The Bertz CT molecular complexity index is 625. The average molecular weight is 345 g/mol. The van der Waals surface area contributed by atoms with E-state index in [1.807, 2.05) is 36.2 Å². The van der Waals surface area contributed by atoms with Crippen LogP contribution >= 0.6 is 0 Å². The number of methoxy groups -OCH3 is 1. The fraction of sp³-hybridized carbons (Fsp3) is 0.579. The van der Waals surface area contributed by atoms with E-state index >= 15 is 0 Å². The van der Waals surface area contributed by atoms with E-state index in [4.69, 9.17) is 4.74 Å². The van der Waals surface area contributed by atoms with Crippen molar-refractivity contribution in [3.05, 3.63) is 29.8 Å². The third kappa shape index (κ3) is 3.49. The molecule has 1 aromatic rings. The van der Waals surface area contributed by atoms with Gasteiger partial charge in [0.15, 0.2) is 0 Å². The summed E-state index contributed by atoms with van der Waals surface area (Å²) in [4.78, 5) is 29.1. The number of ether oxygens (including phenoxy) is 1. The van der Waals surface area contributed by atoms with Crippen LogP contribution in [0.5, 0.6) is 5.75 Å². The number of carbonyl (C=O) groups is 2. The Morgan fingerprint density at radius 1 is 1.28 bits per heavy atom. The maximum atomic E-state index is 13.2. The van der Waals surface area contributed by atoms with Gasteiger partial charge < -0.3 is 19.9 Å². The third-order valence-corrected chi connectivity index (χ3v) is 5.57. The zero-order valence-electron chi connectivity index (χ0n) is 15.2. The Balaban J connectivity index is 1.86. The lowest BCUT2D eigenvalue weighted by atomic mass is 9.83. The first-order valence-corrected chi connectivity index (χ1v) is 8.90. The number of hydrogen-bond acceptors (Lipinski definition) is 4. The second-order valence-electron chi connectivity index (χ2n) is 6.96. The van der Waals surface area contributed by atoms with Crippen molar-refractivity contribution in [2.24, 2.45) is 5.92 Å². The second kappa shape index (κ2) is 7.44. The molecule has 0 spiro atoms. The highest BCUT2D eigenvalue weighted by Crippen LogP contribution is 2.37. The number of rotatable bonds is 4. The molecule has 3 atom stereocenters. The molecule has 0 saturated carbocycles. The predicted octanol–water partition coefficient (Wildman–Crippen LogP) is 1.42. The van der Waals surface area contributed by atoms with Crippen LogP contribution in [0.2, 0.25) is 0 Å². The number of carbonyl (C=O) groups excluding carboxylic acids is 2. The number of nitrogens with one attached hydrogen (secondary N) is 1. The van der Waals surface area contributed by atoms with Gasteiger partial charge in [0.2, 0.25) is 11.8 Å². The minimum Gasteiger partial charge on any atom is -0.497 e. The van der Waals surface area contributed by atoms with E-state index in [9.17, 15) is 9.59 Å². The predicted molar refractivity (Wildman–Crippen MR) is 95.3 cm³/mol. The van der Waals surface area contributed by atoms with Gasteiger partial charge in [0.05, 0.1) is 19.1 Å². The Hall–Kier alpha value is -2.08. The van der Waals surface area contributed by atoms with Crippen molar-refractivity contribution in [1.82, 2.24) is 15.1 Å². The highest BCUT2D eigenvalue weighted by molar-refractivity contribution is 5.85. The highest BCUT2D eigenvalue weighted by Gasteiger charge is 2.41. The van der Waals surface area contributed by atoms with Gasteiger partial charge in [0, 0.05) is 33.1 Å². The van der Waals surface area contributed by atoms with Gasteiger partial charge in [0.1, 0.15) is 5.75 Å². The zero-order chi connectivity index (χ0) is 18.0. The molecule has 0 radical (unpaired) electrons. The molecule has 3 rings (SSSR count). The van der Waals surface area contributed by atoms with Crippen molar-refractivity contribution in [1.29, 1.82) is 0 Å². The Labute approximate surface area is 149 Å². The van der Waals surface area contributed by atoms with E-state index in [1.165, 1.54) is 0 Å². The summed E-state index contributed by atoms with van der Waals surface area (Å²) in [6, 6.07) is 7.69.